The Morgan fingerprint density at radius 1 is 1.03 bits per heavy atom. The van der Waals surface area contributed by atoms with Crippen LogP contribution in [0, 0.1) is 31.9 Å². The van der Waals surface area contributed by atoms with Crippen LogP contribution in [0.4, 0.5) is 28.7 Å². The summed E-state index contributed by atoms with van der Waals surface area (Å²) in [5.74, 6) is -0.559. The number of nitro groups is 1. The Kier molecular flexibility index (Phi) is 7.88. The van der Waals surface area contributed by atoms with E-state index in [1.807, 2.05) is 19.1 Å². The van der Waals surface area contributed by atoms with Gasteiger partial charge in [0.1, 0.15) is 6.33 Å². The Bertz CT molecular complexity index is 1470. The highest BCUT2D eigenvalue weighted by Crippen LogP contribution is 2.38. The summed E-state index contributed by atoms with van der Waals surface area (Å²) in [5, 5.41) is 28.7. The van der Waals surface area contributed by atoms with E-state index in [1.54, 1.807) is 48.5 Å². The van der Waals surface area contributed by atoms with Crippen LogP contribution in [0.25, 0.3) is 0 Å². The van der Waals surface area contributed by atoms with Gasteiger partial charge in [-0.1, -0.05) is 41.4 Å². The van der Waals surface area contributed by atoms with Crippen LogP contribution in [0.5, 0.6) is 0 Å². The van der Waals surface area contributed by atoms with Crippen LogP contribution < -0.4 is 10.6 Å². The van der Waals surface area contributed by atoms with Crippen molar-refractivity contribution in [2.24, 2.45) is 0 Å². The summed E-state index contributed by atoms with van der Waals surface area (Å²) in [4.78, 5) is 19.6. The third-order valence-corrected chi connectivity index (χ3v) is 6.65. The predicted octanol–water partition coefficient (Wildman–Crippen LogP) is 7.75. The van der Waals surface area contributed by atoms with Gasteiger partial charge in [0.05, 0.1) is 16.9 Å². The van der Waals surface area contributed by atoms with Gasteiger partial charge >= 0.3 is 5.69 Å². The fourth-order valence-corrected chi connectivity index (χ4v) is 4.33. The highest BCUT2D eigenvalue weighted by molar-refractivity contribution is 14.1. The minimum Gasteiger partial charge on any atom is -0.334 e. The Morgan fingerprint density at radius 3 is 2.28 bits per heavy atom. The molecule has 0 spiro atoms. The van der Waals surface area contributed by atoms with Gasteiger partial charge in [-0.3, -0.25) is 10.1 Å². The summed E-state index contributed by atoms with van der Waals surface area (Å²) in [5.41, 5.74) is 2.94. The van der Waals surface area contributed by atoms with Crippen LogP contribution in [0.3, 0.4) is 0 Å². The van der Waals surface area contributed by atoms with Crippen LogP contribution in [-0.4, -0.2) is 14.9 Å². The van der Waals surface area contributed by atoms with Crippen molar-refractivity contribution in [3.8, 4) is 6.07 Å². The molecule has 180 valence electrons. The SMILES string of the molecule is Cc1cc(C(C#N)c2ccc(Cl)cc2)c(Cl)cc1Nc1ncnc(Nc2ccc(I)cc2)c1[N+](=O)[O-]. The highest BCUT2D eigenvalue weighted by Gasteiger charge is 2.25. The normalized spacial score (nSPS) is 11.4. The fourth-order valence-electron chi connectivity index (χ4n) is 3.57. The van der Waals surface area contributed by atoms with E-state index in [4.69, 9.17) is 23.2 Å². The van der Waals surface area contributed by atoms with Gasteiger partial charge in [-0.2, -0.15) is 5.26 Å². The monoisotopic (exact) mass is 630 g/mol. The number of benzene rings is 3. The maximum atomic E-state index is 12.0. The average molecular weight is 631 g/mol. The van der Waals surface area contributed by atoms with Gasteiger partial charge in [0.2, 0.25) is 11.6 Å². The van der Waals surface area contributed by atoms with Crippen molar-refractivity contribution < 1.29 is 4.92 Å². The van der Waals surface area contributed by atoms with Crippen molar-refractivity contribution in [3.63, 3.8) is 0 Å². The van der Waals surface area contributed by atoms with Gasteiger partial charge < -0.3 is 10.6 Å². The number of nitrogens with one attached hydrogen (secondary N) is 2. The minimum atomic E-state index is -0.611. The standard InChI is InChI=1S/C25H17Cl2IN6O2/c1-14-10-19(20(12-29)15-2-4-16(26)5-3-15)21(27)11-22(14)33-25-23(34(35)36)24(30-13-31-25)32-18-8-6-17(28)7-9-18/h2-11,13,20H,1H3,(H2,30,31,32,33). The first-order chi connectivity index (χ1) is 17.3. The molecule has 4 rings (SSSR count). The first-order valence-electron chi connectivity index (χ1n) is 10.5. The van der Waals surface area contributed by atoms with E-state index in [0.29, 0.717) is 27.0 Å². The van der Waals surface area contributed by atoms with Gasteiger partial charge in [-0.05, 0) is 88.7 Å². The summed E-state index contributed by atoms with van der Waals surface area (Å²) >= 11 is 14.7. The smallest absolute Gasteiger partial charge is 0.334 e. The molecule has 1 unspecified atom stereocenters. The molecule has 0 aliphatic rings. The van der Waals surface area contributed by atoms with Crippen molar-refractivity contribution in [1.29, 1.82) is 5.26 Å². The molecule has 0 saturated carbocycles. The number of hydrogen-bond acceptors (Lipinski definition) is 7. The van der Waals surface area contributed by atoms with E-state index in [1.165, 1.54) is 6.33 Å². The number of rotatable bonds is 7. The summed E-state index contributed by atoms with van der Waals surface area (Å²) in [6, 6.07) is 20.0. The highest BCUT2D eigenvalue weighted by atomic mass is 127. The maximum absolute atomic E-state index is 12.0. The molecular formula is C25H17Cl2IN6O2. The molecule has 0 radical (unpaired) electrons. The molecule has 0 fully saturated rings. The molecule has 0 saturated heterocycles. The molecular weight excluding hydrogens is 614 g/mol. The molecule has 1 aromatic heterocycles. The van der Waals surface area contributed by atoms with Gasteiger partial charge in [0.25, 0.3) is 0 Å². The Hall–Kier alpha value is -3.46. The molecule has 0 amide bonds. The molecule has 11 heteroatoms. The number of anilines is 4. The lowest BCUT2D eigenvalue weighted by atomic mass is 9.91. The van der Waals surface area contributed by atoms with E-state index < -0.39 is 10.8 Å². The van der Waals surface area contributed by atoms with Crippen LogP contribution in [-0.2, 0) is 0 Å². The lowest BCUT2D eigenvalue weighted by molar-refractivity contribution is -0.383. The second-order valence-electron chi connectivity index (χ2n) is 7.74. The molecule has 3 aromatic carbocycles. The largest absolute Gasteiger partial charge is 0.353 e. The van der Waals surface area contributed by atoms with Gasteiger partial charge in [-0.25, -0.2) is 9.97 Å². The third-order valence-electron chi connectivity index (χ3n) is 5.35. The molecule has 1 heterocycles. The lowest BCUT2D eigenvalue weighted by Crippen LogP contribution is -2.07. The van der Waals surface area contributed by atoms with E-state index in [-0.39, 0.29) is 17.3 Å². The second-order valence-corrected chi connectivity index (χ2v) is 9.83. The maximum Gasteiger partial charge on any atom is 0.353 e. The van der Waals surface area contributed by atoms with Crippen molar-refractivity contribution in [2.75, 3.05) is 10.6 Å². The van der Waals surface area contributed by atoms with Crippen LogP contribution in [0.15, 0.2) is 67.0 Å². The quantitative estimate of drug-likeness (QED) is 0.122. The summed E-state index contributed by atoms with van der Waals surface area (Å²) in [6.45, 7) is 1.82. The Labute approximate surface area is 230 Å². The van der Waals surface area contributed by atoms with E-state index in [2.05, 4.69) is 49.3 Å². The zero-order chi connectivity index (χ0) is 25.8. The number of aromatic nitrogens is 2. The Balaban J connectivity index is 1.68. The molecule has 2 N–H and O–H groups in total. The number of aryl methyl sites for hydroxylation is 1. The Morgan fingerprint density at radius 2 is 1.67 bits per heavy atom. The number of nitrogens with zero attached hydrogens (tertiary/aromatic N) is 4. The molecule has 0 bridgehead atoms. The summed E-state index contributed by atoms with van der Waals surface area (Å²) < 4.78 is 1.03. The van der Waals surface area contributed by atoms with E-state index >= 15 is 0 Å². The predicted molar refractivity (Wildman–Crippen MR) is 150 cm³/mol. The first-order valence-corrected chi connectivity index (χ1v) is 12.3. The van der Waals surface area contributed by atoms with Crippen molar-refractivity contribution in [2.45, 2.75) is 12.8 Å². The summed E-state index contributed by atoms with van der Waals surface area (Å²) in [7, 11) is 0. The average Bonchev–Trinajstić information content (AvgIpc) is 2.85. The molecule has 1 atom stereocenters. The second kappa shape index (κ2) is 11.1. The van der Waals surface area contributed by atoms with Gasteiger partial charge in [-0.15, -0.1) is 0 Å². The number of hydrogen-bond donors (Lipinski definition) is 2. The molecule has 0 aliphatic carbocycles. The van der Waals surface area contributed by atoms with Gasteiger partial charge in [0.15, 0.2) is 0 Å². The summed E-state index contributed by atoms with van der Waals surface area (Å²) in [6.07, 6.45) is 1.24. The first kappa shape index (κ1) is 25.6. The van der Waals surface area contributed by atoms with E-state index in [9.17, 15) is 15.4 Å². The number of nitriles is 1. The molecule has 4 aromatic rings. The molecule has 0 aliphatic heterocycles. The van der Waals surface area contributed by atoms with Crippen molar-refractivity contribution >= 4 is 74.5 Å². The minimum absolute atomic E-state index is 0.00413. The van der Waals surface area contributed by atoms with Crippen LogP contribution in [0.1, 0.15) is 22.6 Å². The topological polar surface area (TPSA) is 117 Å². The van der Waals surface area contributed by atoms with Crippen molar-refractivity contribution in [1.82, 2.24) is 9.97 Å². The van der Waals surface area contributed by atoms with E-state index in [0.717, 1.165) is 14.7 Å². The molecule has 8 nitrogen and oxygen atoms in total. The van der Waals surface area contributed by atoms with Crippen LogP contribution >= 0.6 is 45.8 Å². The fraction of sp³-hybridized carbons (Fsp3) is 0.0800. The zero-order valence-electron chi connectivity index (χ0n) is 18.7. The lowest BCUT2D eigenvalue weighted by Gasteiger charge is -2.17. The van der Waals surface area contributed by atoms with Gasteiger partial charge in [0, 0.05) is 25.0 Å². The zero-order valence-corrected chi connectivity index (χ0v) is 22.3. The number of halogens is 3. The molecule has 36 heavy (non-hydrogen) atoms. The van der Waals surface area contributed by atoms with Crippen molar-refractivity contribution in [3.05, 3.63) is 107 Å². The van der Waals surface area contributed by atoms with Crippen LogP contribution in [0.2, 0.25) is 10.0 Å². The third kappa shape index (κ3) is 5.67.